The zero-order valence-corrected chi connectivity index (χ0v) is 10.7. The van der Waals surface area contributed by atoms with Crippen LogP contribution in [0.4, 0.5) is 5.69 Å². The second kappa shape index (κ2) is 5.09. The number of hydrogen-bond acceptors (Lipinski definition) is 4. The van der Waals surface area contributed by atoms with Gasteiger partial charge in [-0.05, 0) is 30.3 Å². The molecule has 0 spiro atoms. The van der Waals surface area contributed by atoms with Crippen LogP contribution >= 0.6 is 0 Å². The molecule has 0 amide bonds. The smallest absolute Gasteiger partial charge is 0.162 e. The van der Waals surface area contributed by atoms with E-state index in [4.69, 9.17) is 0 Å². The van der Waals surface area contributed by atoms with Gasteiger partial charge in [-0.1, -0.05) is 18.2 Å². The largest absolute Gasteiger partial charge is 0.504 e. The zero-order chi connectivity index (χ0) is 13.9. The van der Waals surface area contributed by atoms with Crippen LogP contribution < -0.4 is 5.32 Å². The Morgan fingerprint density at radius 2 is 1.90 bits per heavy atom. The number of pyridine rings is 1. The van der Waals surface area contributed by atoms with Gasteiger partial charge in [0.05, 0.1) is 5.52 Å². The Morgan fingerprint density at radius 1 is 1.00 bits per heavy atom. The monoisotopic (exact) mass is 266 g/mol. The van der Waals surface area contributed by atoms with Gasteiger partial charge in [0.2, 0.25) is 0 Å². The second-order valence-electron chi connectivity index (χ2n) is 4.55. The number of nitrogens with zero attached hydrogens (tertiary/aromatic N) is 1. The fraction of sp³-hybridized carbons (Fsp3) is 0.0625. The third kappa shape index (κ3) is 2.36. The van der Waals surface area contributed by atoms with E-state index in [-0.39, 0.29) is 11.5 Å². The van der Waals surface area contributed by atoms with Crippen LogP contribution in [-0.4, -0.2) is 15.2 Å². The highest BCUT2D eigenvalue weighted by atomic mass is 16.3. The molecule has 0 saturated heterocycles. The number of phenols is 2. The van der Waals surface area contributed by atoms with Crippen molar-refractivity contribution in [1.29, 1.82) is 0 Å². The summed E-state index contributed by atoms with van der Waals surface area (Å²) in [5, 5.41) is 23.5. The van der Waals surface area contributed by atoms with Crippen LogP contribution in [0.15, 0.2) is 54.7 Å². The van der Waals surface area contributed by atoms with Crippen LogP contribution in [0.3, 0.4) is 0 Å². The number of fused-ring (bicyclic) bond motifs is 1. The fourth-order valence-corrected chi connectivity index (χ4v) is 2.10. The summed E-state index contributed by atoms with van der Waals surface area (Å²) in [6.45, 7) is 0.437. The van der Waals surface area contributed by atoms with Gasteiger partial charge in [0, 0.05) is 29.4 Å². The molecule has 0 aliphatic rings. The highest BCUT2D eigenvalue weighted by Crippen LogP contribution is 2.28. The van der Waals surface area contributed by atoms with E-state index in [1.54, 1.807) is 18.3 Å². The van der Waals surface area contributed by atoms with Gasteiger partial charge < -0.3 is 15.5 Å². The molecule has 3 aromatic rings. The maximum atomic E-state index is 9.75. The quantitative estimate of drug-likeness (QED) is 0.637. The SMILES string of the molecule is Oc1cccc(CNc2ccc3ncccc3c2)c1O. The van der Waals surface area contributed by atoms with Crippen molar-refractivity contribution < 1.29 is 10.2 Å². The number of rotatable bonds is 3. The van der Waals surface area contributed by atoms with E-state index in [2.05, 4.69) is 10.3 Å². The summed E-state index contributed by atoms with van der Waals surface area (Å²) < 4.78 is 0. The van der Waals surface area contributed by atoms with E-state index < -0.39 is 0 Å². The number of phenolic OH excluding ortho intramolecular Hbond substituents is 2. The average Bonchev–Trinajstić information content (AvgIpc) is 2.48. The standard InChI is InChI=1S/C16H14N2O2/c19-15-5-1-3-12(16(15)20)10-18-13-6-7-14-11(9-13)4-2-8-17-14/h1-9,18-20H,10H2. The third-order valence-electron chi connectivity index (χ3n) is 3.18. The zero-order valence-electron chi connectivity index (χ0n) is 10.7. The highest BCUT2D eigenvalue weighted by molar-refractivity contribution is 5.82. The molecule has 0 saturated carbocycles. The van der Waals surface area contributed by atoms with Gasteiger partial charge in [-0.2, -0.15) is 0 Å². The van der Waals surface area contributed by atoms with Crippen molar-refractivity contribution >= 4 is 16.6 Å². The van der Waals surface area contributed by atoms with Crippen LogP contribution in [0.1, 0.15) is 5.56 Å². The molecule has 1 aromatic heterocycles. The first-order valence-electron chi connectivity index (χ1n) is 6.32. The molecule has 0 unspecified atom stereocenters. The van der Waals surface area contributed by atoms with Gasteiger partial charge >= 0.3 is 0 Å². The van der Waals surface area contributed by atoms with Crippen LogP contribution in [-0.2, 0) is 6.54 Å². The first-order valence-corrected chi connectivity index (χ1v) is 6.32. The first kappa shape index (κ1) is 12.3. The molecule has 4 nitrogen and oxygen atoms in total. The van der Waals surface area contributed by atoms with Crippen molar-refractivity contribution in [2.45, 2.75) is 6.54 Å². The predicted octanol–water partition coefficient (Wildman–Crippen LogP) is 3.26. The highest BCUT2D eigenvalue weighted by Gasteiger charge is 2.05. The normalized spacial score (nSPS) is 10.6. The molecule has 0 aliphatic carbocycles. The van der Waals surface area contributed by atoms with Gasteiger partial charge in [0.1, 0.15) is 0 Å². The molecule has 100 valence electrons. The van der Waals surface area contributed by atoms with E-state index in [1.807, 2.05) is 30.3 Å². The third-order valence-corrected chi connectivity index (χ3v) is 3.18. The lowest BCUT2D eigenvalue weighted by atomic mass is 10.1. The summed E-state index contributed by atoms with van der Waals surface area (Å²) in [7, 11) is 0. The summed E-state index contributed by atoms with van der Waals surface area (Å²) in [6.07, 6.45) is 1.76. The van der Waals surface area contributed by atoms with Gasteiger partial charge in [0.15, 0.2) is 11.5 Å². The minimum Gasteiger partial charge on any atom is -0.504 e. The van der Waals surface area contributed by atoms with Crippen molar-refractivity contribution in [2.24, 2.45) is 0 Å². The predicted molar refractivity (Wildman–Crippen MR) is 78.8 cm³/mol. The molecular weight excluding hydrogens is 252 g/mol. The molecule has 0 bridgehead atoms. The lowest BCUT2D eigenvalue weighted by molar-refractivity contribution is 0.400. The number of aromatic hydroxyl groups is 2. The molecular formula is C16H14N2O2. The number of benzene rings is 2. The van der Waals surface area contributed by atoms with E-state index in [0.717, 1.165) is 16.6 Å². The summed E-state index contributed by atoms with van der Waals surface area (Å²) in [5.74, 6) is -0.186. The first-order chi connectivity index (χ1) is 9.74. The Labute approximate surface area is 116 Å². The molecule has 0 radical (unpaired) electrons. The number of para-hydroxylation sites is 1. The summed E-state index contributed by atoms with van der Waals surface area (Å²) in [4.78, 5) is 4.27. The topological polar surface area (TPSA) is 65.4 Å². The van der Waals surface area contributed by atoms with Gasteiger partial charge in [-0.3, -0.25) is 4.98 Å². The maximum Gasteiger partial charge on any atom is 0.162 e. The van der Waals surface area contributed by atoms with Crippen LogP contribution in [0.25, 0.3) is 10.9 Å². The minimum atomic E-state index is -0.105. The Balaban J connectivity index is 1.81. The lowest BCUT2D eigenvalue weighted by Gasteiger charge is -2.09. The number of nitrogens with one attached hydrogen (secondary N) is 1. The Kier molecular flexibility index (Phi) is 3.13. The molecule has 0 atom stereocenters. The molecule has 1 heterocycles. The van der Waals surface area contributed by atoms with E-state index in [1.165, 1.54) is 6.07 Å². The van der Waals surface area contributed by atoms with E-state index >= 15 is 0 Å². The van der Waals surface area contributed by atoms with Gasteiger partial charge in [0.25, 0.3) is 0 Å². The van der Waals surface area contributed by atoms with Crippen molar-refractivity contribution in [3.05, 3.63) is 60.3 Å². The van der Waals surface area contributed by atoms with E-state index in [9.17, 15) is 10.2 Å². The Hall–Kier alpha value is -2.75. The van der Waals surface area contributed by atoms with Crippen LogP contribution in [0, 0.1) is 0 Å². The van der Waals surface area contributed by atoms with Crippen molar-refractivity contribution in [3.63, 3.8) is 0 Å². The van der Waals surface area contributed by atoms with Crippen LogP contribution in [0.5, 0.6) is 11.5 Å². The second-order valence-corrected chi connectivity index (χ2v) is 4.55. The molecule has 0 aliphatic heterocycles. The Bertz CT molecular complexity index is 756. The van der Waals surface area contributed by atoms with E-state index in [0.29, 0.717) is 12.1 Å². The molecule has 20 heavy (non-hydrogen) atoms. The Morgan fingerprint density at radius 3 is 2.80 bits per heavy atom. The van der Waals surface area contributed by atoms with Gasteiger partial charge in [-0.25, -0.2) is 0 Å². The lowest BCUT2D eigenvalue weighted by Crippen LogP contribution is -1.99. The van der Waals surface area contributed by atoms with Crippen molar-refractivity contribution in [2.75, 3.05) is 5.32 Å². The summed E-state index contributed by atoms with van der Waals surface area (Å²) in [6, 6.07) is 14.7. The van der Waals surface area contributed by atoms with Crippen LogP contribution in [0.2, 0.25) is 0 Å². The van der Waals surface area contributed by atoms with Crippen molar-refractivity contribution in [1.82, 2.24) is 4.98 Å². The van der Waals surface area contributed by atoms with Crippen molar-refractivity contribution in [3.8, 4) is 11.5 Å². The van der Waals surface area contributed by atoms with Gasteiger partial charge in [-0.15, -0.1) is 0 Å². The molecule has 2 aromatic carbocycles. The minimum absolute atomic E-state index is 0.0811. The fourth-order valence-electron chi connectivity index (χ4n) is 2.10. The number of aromatic nitrogens is 1. The number of anilines is 1. The average molecular weight is 266 g/mol. The summed E-state index contributed by atoms with van der Waals surface area (Å²) >= 11 is 0. The molecule has 3 N–H and O–H groups in total. The number of hydrogen-bond donors (Lipinski definition) is 3. The summed E-state index contributed by atoms with van der Waals surface area (Å²) in [5.41, 5.74) is 2.53. The maximum absolute atomic E-state index is 9.75. The molecule has 0 fully saturated rings. The molecule has 3 rings (SSSR count). The molecule has 4 heteroatoms.